The molecular formula is C5H8FNO2. The first kappa shape index (κ1) is 6.48. The summed E-state index contributed by atoms with van der Waals surface area (Å²) in [5, 5.41) is 2.74. The van der Waals surface area contributed by atoms with E-state index in [-0.39, 0.29) is 13.1 Å². The number of rotatable bonds is 3. The van der Waals surface area contributed by atoms with Gasteiger partial charge in [0, 0.05) is 13.1 Å². The Kier molecular flexibility index (Phi) is 1.66. The minimum absolute atomic E-state index is 0.122. The molecule has 1 aliphatic heterocycles. The van der Waals surface area contributed by atoms with Gasteiger partial charge in [0.05, 0.1) is 0 Å². The van der Waals surface area contributed by atoms with Crippen LogP contribution in [0.15, 0.2) is 0 Å². The lowest BCUT2D eigenvalue weighted by Gasteiger charge is -2.33. The highest BCUT2D eigenvalue weighted by atomic mass is 19.1. The van der Waals surface area contributed by atoms with Gasteiger partial charge in [-0.25, -0.2) is 4.39 Å². The second-order valence-corrected chi connectivity index (χ2v) is 2.16. The number of hydrogen-bond donors (Lipinski definition) is 1. The van der Waals surface area contributed by atoms with E-state index in [9.17, 15) is 9.18 Å². The van der Waals surface area contributed by atoms with Gasteiger partial charge in [-0.1, -0.05) is 0 Å². The van der Waals surface area contributed by atoms with E-state index in [2.05, 4.69) is 10.1 Å². The molecule has 0 amide bonds. The van der Waals surface area contributed by atoms with E-state index in [4.69, 9.17) is 0 Å². The number of ether oxygens (including phenoxy) is 1. The fourth-order valence-electron chi connectivity index (χ4n) is 0.682. The van der Waals surface area contributed by atoms with E-state index >= 15 is 0 Å². The van der Waals surface area contributed by atoms with Crippen molar-refractivity contribution in [2.75, 3.05) is 19.7 Å². The lowest BCUT2D eigenvalue weighted by atomic mass is 10.0. The van der Waals surface area contributed by atoms with Crippen LogP contribution in [0.4, 0.5) is 4.39 Å². The largest absolute Gasteiger partial charge is 0.464 e. The van der Waals surface area contributed by atoms with Gasteiger partial charge in [-0.15, -0.1) is 0 Å². The second kappa shape index (κ2) is 2.31. The normalized spacial score (nSPS) is 22.3. The topological polar surface area (TPSA) is 38.3 Å². The summed E-state index contributed by atoms with van der Waals surface area (Å²) in [5.41, 5.74) is -1.29. The molecule has 0 atom stereocenters. The van der Waals surface area contributed by atoms with Crippen molar-refractivity contribution >= 4 is 6.47 Å². The molecule has 0 saturated carbocycles. The van der Waals surface area contributed by atoms with Gasteiger partial charge in [0.25, 0.3) is 6.47 Å². The van der Waals surface area contributed by atoms with Crippen molar-refractivity contribution in [3.8, 4) is 0 Å². The highest BCUT2D eigenvalue weighted by Gasteiger charge is 2.37. The first-order chi connectivity index (χ1) is 4.27. The van der Waals surface area contributed by atoms with Crippen LogP contribution in [0.5, 0.6) is 0 Å². The molecule has 52 valence electrons. The number of alkyl halides is 1. The van der Waals surface area contributed by atoms with E-state index in [1.165, 1.54) is 0 Å². The standard InChI is InChI=1S/C5H8FNO2/c6-5(1-7-2-5)3-9-4-8/h4,7H,1-3H2. The van der Waals surface area contributed by atoms with Crippen LogP contribution < -0.4 is 5.32 Å². The van der Waals surface area contributed by atoms with E-state index in [0.29, 0.717) is 13.1 Å². The Morgan fingerprint density at radius 3 is 2.78 bits per heavy atom. The minimum Gasteiger partial charge on any atom is -0.464 e. The molecular weight excluding hydrogens is 125 g/mol. The third-order valence-corrected chi connectivity index (χ3v) is 1.29. The van der Waals surface area contributed by atoms with Crippen molar-refractivity contribution in [3.63, 3.8) is 0 Å². The highest BCUT2D eigenvalue weighted by Crippen LogP contribution is 2.15. The third-order valence-electron chi connectivity index (χ3n) is 1.29. The predicted molar refractivity (Wildman–Crippen MR) is 28.7 cm³/mol. The second-order valence-electron chi connectivity index (χ2n) is 2.16. The van der Waals surface area contributed by atoms with Crippen molar-refractivity contribution in [3.05, 3.63) is 0 Å². The number of hydrogen-bond acceptors (Lipinski definition) is 3. The van der Waals surface area contributed by atoms with Gasteiger partial charge in [-0.05, 0) is 0 Å². The van der Waals surface area contributed by atoms with Crippen LogP contribution in [-0.2, 0) is 9.53 Å². The minimum atomic E-state index is -1.29. The Morgan fingerprint density at radius 2 is 2.44 bits per heavy atom. The first-order valence-electron chi connectivity index (χ1n) is 2.72. The summed E-state index contributed by atoms with van der Waals surface area (Å²) in [6, 6.07) is 0. The van der Waals surface area contributed by atoms with Gasteiger partial charge in [-0.3, -0.25) is 4.79 Å². The zero-order valence-corrected chi connectivity index (χ0v) is 4.89. The molecule has 1 N–H and O–H groups in total. The molecule has 1 saturated heterocycles. The van der Waals surface area contributed by atoms with Crippen LogP contribution in [-0.4, -0.2) is 31.8 Å². The smallest absolute Gasteiger partial charge is 0.293 e. The number of carbonyl (C=O) groups excluding carboxylic acids is 1. The van der Waals surface area contributed by atoms with Gasteiger partial charge >= 0.3 is 0 Å². The lowest BCUT2D eigenvalue weighted by Crippen LogP contribution is -2.58. The summed E-state index contributed by atoms with van der Waals surface area (Å²) in [4.78, 5) is 9.58. The summed E-state index contributed by atoms with van der Waals surface area (Å²) in [5.74, 6) is 0. The fourth-order valence-corrected chi connectivity index (χ4v) is 0.682. The van der Waals surface area contributed by atoms with Gasteiger partial charge in [0.15, 0.2) is 5.67 Å². The first-order valence-corrected chi connectivity index (χ1v) is 2.72. The summed E-state index contributed by atoms with van der Waals surface area (Å²) < 4.78 is 17.0. The maximum Gasteiger partial charge on any atom is 0.293 e. The van der Waals surface area contributed by atoms with Crippen LogP contribution in [0, 0.1) is 0 Å². The molecule has 1 fully saturated rings. The van der Waals surface area contributed by atoms with Gasteiger partial charge < -0.3 is 10.1 Å². The Hall–Kier alpha value is -0.640. The van der Waals surface area contributed by atoms with Gasteiger partial charge in [-0.2, -0.15) is 0 Å². The molecule has 0 spiro atoms. The molecule has 0 bridgehead atoms. The molecule has 0 aliphatic carbocycles. The molecule has 0 aromatic heterocycles. The van der Waals surface area contributed by atoms with Gasteiger partial charge in [0.1, 0.15) is 6.61 Å². The average Bonchev–Trinajstić information content (AvgIpc) is 1.79. The molecule has 9 heavy (non-hydrogen) atoms. The van der Waals surface area contributed by atoms with Gasteiger partial charge in [0.2, 0.25) is 0 Å². The molecule has 1 aliphatic rings. The Labute approximate surface area is 52.2 Å². The Morgan fingerprint density at radius 1 is 1.78 bits per heavy atom. The molecule has 1 heterocycles. The summed E-state index contributed by atoms with van der Waals surface area (Å²) >= 11 is 0. The van der Waals surface area contributed by atoms with Crippen LogP contribution in [0.3, 0.4) is 0 Å². The molecule has 0 aromatic rings. The summed E-state index contributed by atoms with van der Waals surface area (Å²) in [6.07, 6.45) is 0. The van der Waals surface area contributed by atoms with Crippen LogP contribution in [0.1, 0.15) is 0 Å². The number of carbonyl (C=O) groups is 1. The number of nitrogens with one attached hydrogen (secondary N) is 1. The van der Waals surface area contributed by atoms with Crippen molar-refractivity contribution in [1.82, 2.24) is 5.32 Å². The zero-order valence-electron chi connectivity index (χ0n) is 4.89. The maximum atomic E-state index is 12.7. The molecule has 1 rings (SSSR count). The molecule has 0 radical (unpaired) electrons. The van der Waals surface area contributed by atoms with Crippen LogP contribution in [0.25, 0.3) is 0 Å². The molecule has 3 nitrogen and oxygen atoms in total. The molecule has 4 heteroatoms. The van der Waals surface area contributed by atoms with Crippen LogP contribution >= 0.6 is 0 Å². The Balaban J connectivity index is 2.16. The monoisotopic (exact) mass is 133 g/mol. The lowest BCUT2D eigenvalue weighted by molar-refractivity contribution is -0.134. The van der Waals surface area contributed by atoms with Crippen molar-refractivity contribution in [2.45, 2.75) is 5.67 Å². The van der Waals surface area contributed by atoms with E-state index in [0.717, 1.165) is 0 Å². The third kappa shape index (κ3) is 1.38. The van der Waals surface area contributed by atoms with Crippen molar-refractivity contribution in [2.24, 2.45) is 0 Å². The SMILES string of the molecule is O=COCC1(F)CNC1. The maximum absolute atomic E-state index is 12.7. The molecule has 0 aromatic carbocycles. The fraction of sp³-hybridized carbons (Fsp3) is 0.800. The summed E-state index contributed by atoms with van der Waals surface area (Å²) in [7, 11) is 0. The van der Waals surface area contributed by atoms with E-state index < -0.39 is 5.67 Å². The Bertz CT molecular complexity index is 114. The molecule has 0 unspecified atom stereocenters. The summed E-state index contributed by atoms with van der Waals surface area (Å²) in [6.45, 7) is 0.727. The van der Waals surface area contributed by atoms with Crippen LogP contribution in [0.2, 0.25) is 0 Å². The zero-order chi connectivity index (χ0) is 6.74. The predicted octanol–water partition coefficient (Wildman–Crippen LogP) is -0.529. The van der Waals surface area contributed by atoms with E-state index in [1.54, 1.807) is 0 Å². The van der Waals surface area contributed by atoms with Crippen molar-refractivity contribution < 1.29 is 13.9 Å². The van der Waals surface area contributed by atoms with Crippen molar-refractivity contribution in [1.29, 1.82) is 0 Å². The van der Waals surface area contributed by atoms with E-state index in [1.807, 2.05) is 0 Å². The average molecular weight is 133 g/mol. The number of halogens is 1. The quantitative estimate of drug-likeness (QED) is 0.526. The highest BCUT2D eigenvalue weighted by molar-refractivity contribution is 5.37.